The van der Waals surface area contributed by atoms with E-state index in [9.17, 15) is 4.79 Å². The third kappa shape index (κ3) is 4.02. The minimum absolute atomic E-state index is 0.0209. The summed E-state index contributed by atoms with van der Waals surface area (Å²) in [5, 5.41) is 9.26. The summed E-state index contributed by atoms with van der Waals surface area (Å²) in [6.45, 7) is 6.98. The van der Waals surface area contributed by atoms with E-state index in [4.69, 9.17) is 0 Å². The van der Waals surface area contributed by atoms with E-state index in [-0.39, 0.29) is 18.0 Å². The highest BCUT2D eigenvalue weighted by molar-refractivity contribution is 7.10. The van der Waals surface area contributed by atoms with Gasteiger partial charge in [0.05, 0.1) is 6.04 Å². The van der Waals surface area contributed by atoms with Crippen LogP contribution in [0.4, 0.5) is 0 Å². The van der Waals surface area contributed by atoms with E-state index in [1.165, 1.54) is 24.0 Å². The second-order valence-electron chi connectivity index (χ2n) is 6.55. The molecular weight excluding hydrogens is 322 g/mol. The van der Waals surface area contributed by atoms with E-state index in [2.05, 4.69) is 44.7 Å². The number of amides is 1. The first-order chi connectivity index (χ1) is 11.6. The Hall–Kier alpha value is -1.73. The molecule has 0 saturated carbocycles. The van der Waals surface area contributed by atoms with Crippen molar-refractivity contribution in [1.82, 2.24) is 25.0 Å². The Bertz CT molecular complexity index is 619. The van der Waals surface area contributed by atoms with Crippen LogP contribution in [0.2, 0.25) is 0 Å². The van der Waals surface area contributed by atoms with Gasteiger partial charge in [-0.25, -0.2) is 9.67 Å². The van der Waals surface area contributed by atoms with Crippen LogP contribution >= 0.6 is 11.3 Å². The number of rotatable bonds is 6. The van der Waals surface area contributed by atoms with Crippen molar-refractivity contribution in [2.75, 3.05) is 19.6 Å². The maximum atomic E-state index is 12.4. The van der Waals surface area contributed by atoms with Crippen LogP contribution in [-0.4, -0.2) is 45.2 Å². The zero-order valence-corrected chi connectivity index (χ0v) is 15.1. The van der Waals surface area contributed by atoms with Crippen LogP contribution in [0.3, 0.4) is 0 Å². The normalized spacial score (nSPS) is 19.1. The predicted octanol–water partition coefficient (Wildman–Crippen LogP) is 2.49. The molecule has 3 heterocycles. The number of hydrogen-bond acceptors (Lipinski definition) is 5. The lowest BCUT2D eigenvalue weighted by molar-refractivity contribution is -0.124. The van der Waals surface area contributed by atoms with Gasteiger partial charge < -0.3 is 5.32 Å². The number of piperidine rings is 1. The zero-order chi connectivity index (χ0) is 16.9. The van der Waals surface area contributed by atoms with Crippen LogP contribution in [0.1, 0.15) is 43.6 Å². The molecule has 2 aromatic rings. The molecule has 3 rings (SSSR count). The first-order valence-corrected chi connectivity index (χ1v) is 9.42. The summed E-state index contributed by atoms with van der Waals surface area (Å²) >= 11 is 1.76. The predicted molar refractivity (Wildman–Crippen MR) is 94.8 cm³/mol. The second kappa shape index (κ2) is 7.90. The molecule has 7 heteroatoms. The first kappa shape index (κ1) is 17.1. The molecule has 0 bridgehead atoms. The van der Waals surface area contributed by atoms with Gasteiger partial charge in [0.25, 0.3) is 0 Å². The average molecular weight is 347 g/mol. The maximum absolute atomic E-state index is 12.4. The smallest absolute Gasteiger partial charge is 0.244 e. The monoisotopic (exact) mass is 347 g/mol. The van der Waals surface area contributed by atoms with Gasteiger partial charge in [-0.15, -0.1) is 11.3 Å². The van der Waals surface area contributed by atoms with Gasteiger partial charge in [-0.2, -0.15) is 5.10 Å². The van der Waals surface area contributed by atoms with Gasteiger partial charge >= 0.3 is 0 Å². The molecular formula is C17H25N5OS. The van der Waals surface area contributed by atoms with Gasteiger partial charge in [0, 0.05) is 11.4 Å². The number of nitrogens with one attached hydrogen (secondary N) is 1. The molecule has 1 N–H and O–H groups in total. The number of hydrogen-bond donors (Lipinski definition) is 1. The largest absolute Gasteiger partial charge is 0.352 e. The molecule has 1 saturated heterocycles. The van der Waals surface area contributed by atoms with E-state index >= 15 is 0 Å². The molecule has 0 aliphatic carbocycles. The van der Waals surface area contributed by atoms with Crippen LogP contribution in [0, 0.1) is 5.92 Å². The molecule has 1 aliphatic rings. The minimum atomic E-state index is -0.349. The highest BCUT2D eigenvalue weighted by Crippen LogP contribution is 2.29. The summed E-state index contributed by atoms with van der Waals surface area (Å²) in [6.07, 6.45) is 5.48. The minimum Gasteiger partial charge on any atom is -0.352 e. The third-order valence-electron chi connectivity index (χ3n) is 4.81. The summed E-state index contributed by atoms with van der Waals surface area (Å²) in [5.41, 5.74) is 0. The Labute approximate surface area is 146 Å². The molecule has 2 aromatic heterocycles. The van der Waals surface area contributed by atoms with Gasteiger partial charge in [0.1, 0.15) is 18.7 Å². The second-order valence-corrected chi connectivity index (χ2v) is 7.53. The number of carbonyl (C=O) groups is 1. The van der Waals surface area contributed by atoms with Crippen molar-refractivity contribution in [3.8, 4) is 0 Å². The third-order valence-corrected chi connectivity index (χ3v) is 5.79. The Morgan fingerprint density at radius 3 is 2.88 bits per heavy atom. The number of thiophene rings is 1. The van der Waals surface area contributed by atoms with Crippen molar-refractivity contribution in [1.29, 1.82) is 0 Å². The Balaban J connectivity index is 1.63. The number of aromatic nitrogens is 3. The lowest BCUT2D eigenvalue weighted by atomic mass is 9.97. The molecule has 0 radical (unpaired) electrons. The van der Waals surface area contributed by atoms with Crippen LogP contribution in [0.25, 0.3) is 0 Å². The van der Waals surface area contributed by atoms with Crippen LogP contribution < -0.4 is 5.32 Å². The zero-order valence-electron chi connectivity index (χ0n) is 14.3. The fraction of sp³-hybridized carbons (Fsp3) is 0.588. The van der Waals surface area contributed by atoms with Crippen molar-refractivity contribution >= 4 is 17.2 Å². The Morgan fingerprint density at radius 2 is 2.25 bits per heavy atom. The maximum Gasteiger partial charge on any atom is 0.244 e. The van der Waals surface area contributed by atoms with Crippen molar-refractivity contribution in [3.05, 3.63) is 35.0 Å². The summed E-state index contributed by atoms with van der Waals surface area (Å²) in [5.74, 6) is 0.777. The fourth-order valence-electron chi connectivity index (χ4n) is 3.11. The van der Waals surface area contributed by atoms with Gasteiger partial charge in [0.15, 0.2) is 0 Å². The fourth-order valence-corrected chi connectivity index (χ4v) is 3.97. The summed E-state index contributed by atoms with van der Waals surface area (Å²) in [4.78, 5) is 20.2. The molecule has 24 heavy (non-hydrogen) atoms. The van der Waals surface area contributed by atoms with Crippen molar-refractivity contribution in [2.24, 2.45) is 5.92 Å². The molecule has 1 amide bonds. The van der Waals surface area contributed by atoms with E-state index in [0.717, 1.165) is 19.0 Å². The molecule has 2 atom stereocenters. The molecule has 0 spiro atoms. The number of carbonyl (C=O) groups excluding carboxylic acids is 1. The van der Waals surface area contributed by atoms with E-state index in [0.29, 0.717) is 6.54 Å². The SMILES string of the molecule is CC1CCN([C@H](CNC(=O)[C@@H](C)n2cncn2)c2cccs2)CC1. The molecule has 130 valence electrons. The number of nitrogens with zero attached hydrogens (tertiary/aromatic N) is 4. The van der Waals surface area contributed by atoms with Crippen molar-refractivity contribution in [2.45, 2.75) is 38.8 Å². The van der Waals surface area contributed by atoms with Gasteiger partial charge in [-0.3, -0.25) is 9.69 Å². The molecule has 0 unspecified atom stereocenters. The standard InChI is InChI=1S/C17H25N5OS/c1-13-5-7-21(8-6-13)15(16-4-3-9-24-16)10-19-17(23)14(2)22-12-18-11-20-22/h3-4,9,11-15H,5-8,10H2,1-2H3,(H,19,23)/t14-,15-/m1/s1. The molecule has 1 aliphatic heterocycles. The summed E-state index contributed by atoms with van der Waals surface area (Å²) < 4.78 is 1.58. The quantitative estimate of drug-likeness (QED) is 0.872. The van der Waals surface area contributed by atoms with Gasteiger partial charge in [-0.1, -0.05) is 13.0 Å². The molecule has 1 fully saturated rings. The lowest BCUT2D eigenvalue weighted by Gasteiger charge is -2.36. The van der Waals surface area contributed by atoms with Crippen LogP contribution in [0.15, 0.2) is 30.2 Å². The average Bonchev–Trinajstić information content (AvgIpc) is 3.29. The topological polar surface area (TPSA) is 63.1 Å². The van der Waals surface area contributed by atoms with Crippen LogP contribution in [-0.2, 0) is 4.79 Å². The molecule has 0 aromatic carbocycles. The van der Waals surface area contributed by atoms with E-state index in [1.54, 1.807) is 22.3 Å². The van der Waals surface area contributed by atoms with Gasteiger partial charge in [-0.05, 0) is 50.2 Å². The van der Waals surface area contributed by atoms with E-state index in [1.807, 2.05) is 6.92 Å². The Morgan fingerprint density at radius 1 is 1.46 bits per heavy atom. The highest BCUT2D eigenvalue weighted by atomic mass is 32.1. The summed E-state index contributed by atoms with van der Waals surface area (Å²) in [7, 11) is 0. The Kier molecular flexibility index (Phi) is 5.63. The van der Waals surface area contributed by atoms with Crippen LogP contribution in [0.5, 0.6) is 0 Å². The lowest BCUT2D eigenvalue weighted by Crippen LogP contribution is -2.42. The highest BCUT2D eigenvalue weighted by Gasteiger charge is 2.26. The summed E-state index contributed by atoms with van der Waals surface area (Å²) in [6, 6.07) is 4.15. The van der Waals surface area contributed by atoms with Gasteiger partial charge in [0.2, 0.25) is 5.91 Å². The van der Waals surface area contributed by atoms with E-state index < -0.39 is 0 Å². The number of likely N-dealkylation sites (tertiary alicyclic amines) is 1. The van der Waals surface area contributed by atoms with Crippen molar-refractivity contribution in [3.63, 3.8) is 0 Å². The first-order valence-electron chi connectivity index (χ1n) is 8.54. The molecule has 6 nitrogen and oxygen atoms in total. The van der Waals surface area contributed by atoms with Crippen molar-refractivity contribution < 1.29 is 4.79 Å².